The Labute approximate surface area is 123 Å². The largest absolute Gasteiger partial charge is 0.491 e. The van der Waals surface area contributed by atoms with Gasteiger partial charge in [-0.05, 0) is 38.1 Å². The number of aromatic nitrogens is 2. The summed E-state index contributed by atoms with van der Waals surface area (Å²) in [4.78, 5) is 7.79. The molecule has 104 valence electrons. The van der Waals surface area contributed by atoms with E-state index in [0.29, 0.717) is 11.1 Å². The van der Waals surface area contributed by atoms with Gasteiger partial charge in [-0.3, -0.25) is 0 Å². The van der Waals surface area contributed by atoms with Gasteiger partial charge in [-0.25, -0.2) is 4.98 Å². The van der Waals surface area contributed by atoms with E-state index < -0.39 is 0 Å². The standard InChI is InChI=1S/C17H15N3O/c1-11(2)21-14-7-3-5-12(9-14)17-19-15-8-4-6-13(10-18)16(15)20-17/h3-9,11H,1-2H3,(H,19,20). The lowest BCUT2D eigenvalue weighted by atomic mass is 10.2. The van der Waals surface area contributed by atoms with Crippen LogP contribution in [0, 0.1) is 11.3 Å². The minimum Gasteiger partial charge on any atom is -0.491 e. The molecular weight excluding hydrogens is 262 g/mol. The van der Waals surface area contributed by atoms with Crippen LogP contribution >= 0.6 is 0 Å². The van der Waals surface area contributed by atoms with Crippen molar-refractivity contribution in [2.45, 2.75) is 20.0 Å². The average molecular weight is 277 g/mol. The molecule has 0 aliphatic rings. The number of fused-ring (bicyclic) bond motifs is 1. The smallest absolute Gasteiger partial charge is 0.138 e. The highest BCUT2D eigenvalue weighted by Gasteiger charge is 2.09. The molecule has 3 rings (SSSR count). The molecule has 0 aliphatic carbocycles. The number of imidazole rings is 1. The highest BCUT2D eigenvalue weighted by atomic mass is 16.5. The molecule has 0 atom stereocenters. The van der Waals surface area contributed by atoms with E-state index in [1.54, 1.807) is 6.07 Å². The van der Waals surface area contributed by atoms with Gasteiger partial charge >= 0.3 is 0 Å². The molecule has 0 aliphatic heterocycles. The second-order valence-electron chi connectivity index (χ2n) is 5.09. The Hall–Kier alpha value is -2.80. The fraction of sp³-hybridized carbons (Fsp3) is 0.176. The molecule has 21 heavy (non-hydrogen) atoms. The monoisotopic (exact) mass is 277 g/mol. The minimum absolute atomic E-state index is 0.126. The Morgan fingerprint density at radius 3 is 2.76 bits per heavy atom. The zero-order valence-corrected chi connectivity index (χ0v) is 11.9. The Kier molecular flexibility index (Phi) is 3.33. The number of nitriles is 1. The number of hydrogen-bond acceptors (Lipinski definition) is 3. The molecule has 0 saturated carbocycles. The highest BCUT2D eigenvalue weighted by molar-refractivity contribution is 5.84. The number of hydrogen-bond donors (Lipinski definition) is 1. The van der Waals surface area contributed by atoms with Crippen molar-refractivity contribution in [2.24, 2.45) is 0 Å². The highest BCUT2D eigenvalue weighted by Crippen LogP contribution is 2.25. The number of ether oxygens (including phenoxy) is 1. The SMILES string of the molecule is CC(C)Oc1cccc(-c2nc3c(C#N)cccc3[nH]2)c1. The summed E-state index contributed by atoms with van der Waals surface area (Å²) >= 11 is 0. The Balaban J connectivity index is 2.07. The van der Waals surface area contributed by atoms with E-state index >= 15 is 0 Å². The predicted octanol–water partition coefficient (Wildman–Crippen LogP) is 3.89. The van der Waals surface area contributed by atoms with Gasteiger partial charge < -0.3 is 9.72 Å². The van der Waals surface area contributed by atoms with Crippen LogP contribution in [0.5, 0.6) is 5.75 Å². The normalized spacial score (nSPS) is 10.8. The summed E-state index contributed by atoms with van der Waals surface area (Å²) in [7, 11) is 0. The van der Waals surface area contributed by atoms with Crippen LogP contribution in [0.1, 0.15) is 19.4 Å². The van der Waals surface area contributed by atoms with Crippen LogP contribution in [0.3, 0.4) is 0 Å². The zero-order chi connectivity index (χ0) is 14.8. The van der Waals surface area contributed by atoms with Gasteiger partial charge in [0, 0.05) is 5.56 Å². The number of rotatable bonds is 3. The first-order valence-corrected chi connectivity index (χ1v) is 6.83. The van der Waals surface area contributed by atoms with Crippen molar-refractivity contribution in [3.63, 3.8) is 0 Å². The molecule has 3 aromatic rings. The molecule has 1 heterocycles. The van der Waals surface area contributed by atoms with E-state index in [-0.39, 0.29) is 6.10 Å². The lowest BCUT2D eigenvalue weighted by molar-refractivity contribution is 0.242. The number of benzene rings is 2. The maximum atomic E-state index is 9.13. The van der Waals surface area contributed by atoms with Gasteiger partial charge in [-0.15, -0.1) is 0 Å². The van der Waals surface area contributed by atoms with Crippen molar-refractivity contribution in [1.29, 1.82) is 5.26 Å². The molecule has 1 aromatic heterocycles. The van der Waals surface area contributed by atoms with Crippen LogP contribution < -0.4 is 4.74 Å². The van der Waals surface area contributed by atoms with Gasteiger partial charge in [-0.2, -0.15) is 5.26 Å². The van der Waals surface area contributed by atoms with Gasteiger partial charge in [0.25, 0.3) is 0 Å². The van der Waals surface area contributed by atoms with Crippen molar-refractivity contribution in [3.8, 4) is 23.2 Å². The summed E-state index contributed by atoms with van der Waals surface area (Å²) in [5.74, 6) is 1.55. The first kappa shape index (κ1) is 13.2. The minimum atomic E-state index is 0.126. The van der Waals surface area contributed by atoms with Crippen molar-refractivity contribution in [3.05, 3.63) is 48.0 Å². The summed E-state index contributed by atoms with van der Waals surface area (Å²) < 4.78 is 5.70. The van der Waals surface area contributed by atoms with Gasteiger partial charge in [0.1, 0.15) is 23.2 Å². The summed E-state index contributed by atoms with van der Waals surface area (Å²) in [6.45, 7) is 3.99. The molecule has 0 saturated heterocycles. The summed E-state index contributed by atoms with van der Waals surface area (Å²) in [5, 5.41) is 9.13. The number of aromatic amines is 1. The third-order valence-electron chi connectivity index (χ3n) is 3.11. The van der Waals surface area contributed by atoms with Crippen molar-refractivity contribution >= 4 is 11.0 Å². The third kappa shape index (κ3) is 2.59. The number of para-hydroxylation sites is 1. The molecule has 2 aromatic carbocycles. The fourth-order valence-electron chi connectivity index (χ4n) is 2.25. The Bertz CT molecular complexity index is 827. The zero-order valence-electron chi connectivity index (χ0n) is 11.9. The van der Waals surface area contributed by atoms with E-state index in [1.807, 2.05) is 50.2 Å². The quantitative estimate of drug-likeness (QED) is 0.790. The second-order valence-corrected chi connectivity index (χ2v) is 5.09. The van der Waals surface area contributed by atoms with Gasteiger partial charge in [0.15, 0.2) is 0 Å². The maximum absolute atomic E-state index is 9.13. The fourth-order valence-corrected chi connectivity index (χ4v) is 2.25. The van der Waals surface area contributed by atoms with E-state index in [0.717, 1.165) is 22.7 Å². The van der Waals surface area contributed by atoms with E-state index in [9.17, 15) is 0 Å². The van der Waals surface area contributed by atoms with Crippen LogP contribution in [-0.4, -0.2) is 16.1 Å². The molecule has 0 bridgehead atoms. The van der Waals surface area contributed by atoms with Gasteiger partial charge in [0.2, 0.25) is 0 Å². The van der Waals surface area contributed by atoms with Gasteiger partial charge in [-0.1, -0.05) is 18.2 Å². The van der Waals surface area contributed by atoms with E-state index in [2.05, 4.69) is 16.0 Å². The van der Waals surface area contributed by atoms with E-state index in [1.165, 1.54) is 0 Å². The molecule has 0 fully saturated rings. The maximum Gasteiger partial charge on any atom is 0.138 e. The molecule has 0 spiro atoms. The summed E-state index contributed by atoms with van der Waals surface area (Å²) in [6.07, 6.45) is 0.126. The Morgan fingerprint density at radius 2 is 2.00 bits per heavy atom. The first-order valence-electron chi connectivity index (χ1n) is 6.83. The van der Waals surface area contributed by atoms with Crippen LogP contribution in [0.4, 0.5) is 0 Å². The average Bonchev–Trinajstić information content (AvgIpc) is 2.90. The topological polar surface area (TPSA) is 61.7 Å². The van der Waals surface area contributed by atoms with Crippen molar-refractivity contribution in [1.82, 2.24) is 9.97 Å². The number of nitrogens with one attached hydrogen (secondary N) is 1. The van der Waals surface area contributed by atoms with Crippen LogP contribution in [0.2, 0.25) is 0 Å². The summed E-state index contributed by atoms with van der Waals surface area (Å²) in [6, 6.07) is 15.5. The third-order valence-corrected chi connectivity index (χ3v) is 3.11. The summed E-state index contributed by atoms with van der Waals surface area (Å²) in [5.41, 5.74) is 3.07. The van der Waals surface area contributed by atoms with Gasteiger partial charge in [0.05, 0.1) is 17.2 Å². The predicted molar refractivity (Wildman–Crippen MR) is 82.0 cm³/mol. The molecular formula is C17H15N3O. The first-order chi connectivity index (χ1) is 10.2. The van der Waals surface area contributed by atoms with Crippen molar-refractivity contribution in [2.75, 3.05) is 0 Å². The second kappa shape index (κ2) is 5.29. The van der Waals surface area contributed by atoms with Crippen LogP contribution in [-0.2, 0) is 0 Å². The number of nitrogens with zero attached hydrogens (tertiary/aromatic N) is 2. The molecule has 0 amide bonds. The molecule has 1 N–H and O–H groups in total. The van der Waals surface area contributed by atoms with Crippen LogP contribution in [0.15, 0.2) is 42.5 Å². The molecule has 4 heteroatoms. The van der Waals surface area contributed by atoms with E-state index in [4.69, 9.17) is 10.00 Å². The molecule has 0 unspecified atom stereocenters. The molecule has 0 radical (unpaired) electrons. The van der Waals surface area contributed by atoms with Crippen LogP contribution in [0.25, 0.3) is 22.4 Å². The lowest BCUT2D eigenvalue weighted by Crippen LogP contribution is -2.05. The lowest BCUT2D eigenvalue weighted by Gasteiger charge is -2.10. The Morgan fingerprint density at radius 1 is 1.19 bits per heavy atom. The number of H-pyrrole nitrogens is 1. The van der Waals surface area contributed by atoms with Crippen molar-refractivity contribution < 1.29 is 4.74 Å². The molecule has 4 nitrogen and oxygen atoms in total.